The lowest BCUT2D eigenvalue weighted by Crippen LogP contribution is -2.42. The van der Waals surface area contributed by atoms with Crippen LogP contribution in [0.4, 0.5) is 0 Å². The molecule has 17 heavy (non-hydrogen) atoms. The molecule has 1 fully saturated rings. The number of thioether (sulfide) groups is 1. The minimum atomic E-state index is 0.806. The zero-order valence-electron chi connectivity index (χ0n) is 10.0. The van der Waals surface area contributed by atoms with Crippen molar-refractivity contribution >= 4 is 28.3 Å². The van der Waals surface area contributed by atoms with Crippen LogP contribution in [0.5, 0.6) is 5.75 Å². The van der Waals surface area contributed by atoms with E-state index < -0.39 is 0 Å². The van der Waals surface area contributed by atoms with Crippen molar-refractivity contribution in [2.75, 3.05) is 26.7 Å². The maximum atomic E-state index is 5.38. The minimum Gasteiger partial charge on any atom is -0.496 e. The summed E-state index contributed by atoms with van der Waals surface area (Å²) in [6.45, 7) is 1.68. The van der Waals surface area contributed by atoms with Gasteiger partial charge in [0.25, 0.3) is 0 Å². The van der Waals surface area contributed by atoms with E-state index in [1.54, 1.807) is 18.9 Å². The van der Waals surface area contributed by atoms with Crippen molar-refractivity contribution in [3.63, 3.8) is 0 Å². The van der Waals surface area contributed by atoms with Crippen molar-refractivity contribution in [3.05, 3.63) is 29.8 Å². The molecule has 0 aliphatic carbocycles. The summed E-state index contributed by atoms with van der Waals surface area (Å²) >= 11 is 7.09. The average Bonchev–Trinajstić information content (AvgIpc) is 2.34. The summed E-state index contributed by atoms with van der Waals surface area (Å²) in [7, 11) is 3.80. The predicted octanol–water partition coefficient (Wildman–Crippen LogP) is 2.38. The Morgan fingerprint density at radius 1 is 1.41 bits per heavy atom. The molecule has 1 heterocycles. The predicted molar refractivity (Wildman–Crippen MR) is 76.2 cm³/mol. The first-order valence-corrected chi connectivity index (χ1v) is 6.82. The number of methoxy groups -OCH3 is 1. The fourth-order valence-corrected chi connectivity index (χ4v) is 2.80. The van der Waals surface area contributed by atoms with E-state index in [-0.39, 0.29) is 0 Å². The van der Waals surface area contributed by atoms with Crippen molar-refractivity contribution in [3.8, 4) is 5.75 Å². The Morgan fingerprint density at radius 3 is 2.94 bits per heavy atom. The largest absolute Gasteiger partial charge is 0.496 e. The van der Waals surface area contributed by atoms with Gasteiger partial charge in [0.15, 0.2) is 0 Å². The Labute approximate surface area is 112 Å². The first kappa shape index (κ1) is 12.7. The second kappa shape index (κ2) is 5.71. The second-order valence-corrected chi connectivity index (χ2v) is 5.63. The van der Waals surface area contributed by atoms with Gasteiger partial charge in [0, 0.05) is 12.1 Å². The zero-order valence-corrected chi connectivity index (χ0v) is 11.7. The van der Waals surface area contributed by atoms with Crippen LogP contribution in [0.3, 0.4) is 0 Å². The number of thiocarbonyl (C=S) groups is 1. The van der Waals surface area contributed by atoms with Crippen LogP contribution < -0.4 is 4.74 Å². The third-order valence-corrected chi connectivity index (χ3v) is 4.32. The van der Waals surface area contributed by atoms with Crippen LogP contribution in [0.1, 0.15) is 5.56 Å². The van der Waals surface area contributed by atoms with Crippen molar-refractivity contribution in [1.82, 2.24) is 9.80 Å². The summed E-state index contributed by atoms with van der Waals surface area (Å²) < 4.78 is 6.33. The highest BCUT2D eigenvalue weighted by Crippen LogP contribution is 2.24. The summed E-state index contributed by atoms with van der Waals surface area (Å²) in [5.74, 6) is 1.90. The van der Waals surface area contributed by atoms with Crippen LogP contribution in [0, 0.1) is 0 Å². The molecule has 0 spiro atoms. The van der Waals surface area contributed by atoms with Crippen LogP contribution in [-0.2, 0) is 6.54 Å². The van der Waals surface area contributed by atoms with E-state index in [1.165, 1.54) is 5.56 Å². The van der Waals surface area contributed by atoms with Gasteiger partial charge in [0.05, 0.1) is 19.7 Å². The molecule has 1 aliphatic heterocycles. The van der Waals surface area contributed by atoms with Gasteiger partial charge >= 0.3 is 0 Å². The Bertz CT molecular complexity index is 411. The molecular weight excluding hydrogens is 252 g/mol. The molecule has 0 amide bonds. The van der Waals surface area contributed by atoms with E-state index in [4.69, 9.17) is 17.0 Å². The highest BCUT2D eigenvalue weighted by molar-refractivity contribution is 8.22. The average molecular weight is 268 g/mol. The molecule has 0 N–H and O–H groups in total. The fraction of sp³-hybridized carbons (Fsp3) is 0.417. The normalized spacial score (nSPS) is 17.3. The first-order valence-electron chi connectivity index (χ1n) is 5.43. The molecule has 92 valence electrons. The minimum absolute atomic E-state index is 0.806. The first-order chi connectivity index (χ1) is 8.20. The van der Waals surface area contributed by atoms with Crippen LogP contribution in [0.2, 0.25) is 0 Å². The van der Waals surface area contributed by atoms with Gasteiger partial charge in [-0.1, -0.05) is 42.2 Å². The second-order valence-electron chi connectivity index (χ2n) is 4.05. The van der Waals surface area contributed by atoms with E-state index in [0.29, 0.717) is 0 Å². The third kappa shape index (κ3) is 3.12. The van der Waals surface area contributed by atoms with Gasteiger partial charge in [-0.15, -0.1) is 0 Å². The summed E-state index contributed by atoms with van der Waals surface area (Å²) in [5.41, 5.74) is 1.17. The standard InChI is InChI=1S/C12H16N2OS2/c1-13-8-14(12(16)17-9-13)7-10-5-3-4-6-11(10)15-2/h3-6H,7-9H2,1-2H3. The van der Waals surface area contributed by atoms with Crippen molar-refractivity contribution < 1.29 is 4.74 Å². The summed E-state index contributed by atoms with van der Waals surface area (Å²) in [4.78, 5) is 4.44. The van der Waals surface area contributed by atoms with E-state index in [0.717, 1.165) is 29.2 Å². The summed E-state index contributed by atoms with van der Waals surface area (Å²) in [5, 5.41) is 0. The third-order valence-electron chi connectivity index (χ3n) is 2.63. The molecule has 1 aromatic carbocycles. The number of rotatable bonds is 3. The fourth-order valence-electron chi connectivity index (χ4n) is 1.80. The summed E-state index contributed by atoms with van der Waals surface area (Å²) in [6, 6.07) is 8.08. The smallest absolute Gasteiger partial charge is 0.138 e. The lowest BCUT2D eigenvalue weighted by molar-refractivity contribution is 0.242. The molecule has 0 bridgehead atoms. The van der Waals surface area contributed by atoms with E-state index in [2.05, 4.69) is 22.9 Å². The van der Waals surface area contributed by atoms with E-state index in [9.17, 15) is 0 Å². The van der Waals surface area contributed by atoms with Crippen LogP contribution in [0.15, 0.2) is 24.3 Å². The van der Waals surface area contributed by atoms with Crippen molar-refractivity contribution in [1.29, 1.82) is 0 Å². The van der Waals surface area contributed by atoms with Gasteiger partial charge in [-0.3, -0.25) is 4.90 Å². The molecule has 1 aromatic rings. The number of nitrogens with zero attached hydrogens (tertiary/aromatic N) is 2. The number of ether oxygens (including phenoxy) is 1. The van der Waals surface area contributed by atoms with Crippen molar-refractivity contribution in [2.45, 2.75) is 6.54 Å². The Balaban J connectivity index is 2.11. The SMILES string of the molecule is COc1ccccc1CN1CN(C)CSC1=S. The van der Waals surface area contributed by atoms with E-state index in [1.807, 2.05) is 18.2 Å². The number of hydrogen-bond donors (Lipinski definition) is 0. The molecule has 0 unspecified atom stereocenters. The maximum Gasteiger partial charge on any atom is 0.138 e. The van der Waals surface area contributed by atoms with Gasteiger partial charge in [0.2, 0.25) is 0 Å². The topological polar surface area (TPSA) is 15.7 Å². The van der Waals surface area contributed by atoms with Gasteiger partial charge in [-0.05, 0) is 13.1 Å². The lowest BCUT2D eigenvalue weighted by Gasteiger charge is -2.34. The molecule has 3 nitrogen and oxygen atoms in total. The van der Waals surface area contributed by atoms with Gasteiger partial charge in [-0.25, -0.2) is 0 Å². The number of hydrogen-bond acceptors (Lipinski definition) is 4. The maximum absolute atomic E-state index is 5.38. The Morgan fingerprint density at radius 2 is 2.18 bits per heavy atom. The molecule has 1 aliphatic rings. The molecule has 5 heteroatoms. The number of benzene rings is 1. The molecular formula is C12H16N2OS2. The van der Waals surface area contributed by atoms with Crippen molar-refractivity contribution in [2.24, 2.45) is 0 Å². The monoisotopic (exact) mass is 268 g/mol. The lowest BCUT2D eigenvalue weighted by atomic mass is 10.2. The van der Waals surface area contributed by atoms with Gasteiger partial charge < -0.3 is 9.64 Å². The van der Waals surface area contributed by atoms with Gasteiger partial charge in [-0.2, -0.15) is 0 Å². The molecule has 2 rings (SSSR count). The molecule has 0 aromatic heterocycles. The quantitative estimate of drug-likeness (QED) is 0.780. The Kier molecular flexibility index (Phi) is 4.25. The van der Waals surface area contributed by atoms with Crippen LogP contribution in [0.25, 0.3) is 0 Å². The zero-order chi connectivity index (χ0) is 12.3. The molecule has 1 saturated heterocycles. The molecule has 0 radical (unpaired) electrons. The molecule has 0 saturated carbocycles. The Hall–Kier alpha value is -0.780. The van der Waals surface area contributed by atoms with Crippen LogP contribution in [-0.4, -0.2) is 40.8 Å². The highest BCUT2D eigenvalue weighted by atomic mass is 32.2. The molecule has 0 atom stereocenters. The highest BCUT2D eigenvalue weighted by Gasteiger charge is 2.19. The van der Waals surface area contributed by atoms with E-state index >= 15 is 0 Å². The van der Waals surface area contributed by atoms with Crippen LogP contribution >= 0.6 is 24.0 Å². The summed E-state index contributed by atoms with van der Waals surface area (Å²) in [6.07, 6.45) is 0. The van der Waals surface area contributed by atoms with Gasteiger partial charge in [0.1, 0.15) is 10.1 Å². The number of para-hydroxylation sites is 1.